The number of carbonyl (C=O) groups excluding carboxylic acids is 2. The Kier molecular flexibility index (Phi) is 6.37. The van der Waals surface area contributed by atoms with Gasteiger partial charge in [-0.3, -0.25) is 10.2 Å². The first-order chi connectivity index (χ1) is 15.8. The number of nitrogens with one attached hydrogen (secondary N) is 2. The Morgan fingerprint density at radius 1 is 1.30 bits per heavy atom. The molecular formula is C23H28N4O6. The molecule has 1 aromatic carbocycles. The fraction of sp³-hybridized carbons (Fsp3) is 0.478. The number of carboxylic acids is 1. The average molecular weight is 456 g/mol. The van der Waals surface area contributed by atoms with Gasteiger partial charge in [-0.2, -0.15) is 0 Å². The summed E-state index contributed by atoms with van der Waals surface area (Å²) in [5, 5.41) is 30.5. The summed E-state index contributed by atoms with van der Waals surface area (Å²) in [4.78, 5) is 39.4. The molecule has 0 unspecified atom stereocenters. The van der Waals surface area contributed by atoms with Crippen LogP contribution in [-0.4, -0.2) is 75.6 Å². The molecule has 3 aliphatic heterocycles. The van der Waals surface area contributed by atoms with E-state index in [9.17, 15) is 24.6 Å². The lowest BCUT2D eigenvalue weighted by Gasteiger charge is -2.44. The van der Waals surface area contributed by atoms with E-state index >= 15 is 0 Å². The molecule has 3 aliphatic rings. The first-order valence-electron chi connectivity index (χ1n) is 11.0. The van der Waals surface area contributed by atoms with Crippen molar-refractivity contribution < 1.29 is 29.3 Å². The molecule has 4 N–H and O–H groups in total. The number of carbonyl (C=O) groups is 3. The van der Waals surface area contributed by atoms with Crippen LogP contribution in [0.25, 0.3) is 0 Å². The normalized spacial score (nSPS) is 24.9. The van der Waals surface area contributed by atoms with Gasteiger partial charge >= 0.3 is 12.1 Å². The second-order valence-electron chi connectivity index (χ2n) is 8.72. The van der Waals surface area contributed by atoms with Gasteiger partial charge in [0.05, 0.1) is 24.6 Å². The van der Waals surface area contributed by atoms with Gasteiger partial charge in [0.25, 0.3) is 0 Å². The van der Waals surface area contributed by atoms with E-state index in [0.717, 1.165) is 5.56 Å². The summed E-state index contributed by atoms with van der Waals surface area (Å²) in [5.41, 5.74) is 1.60. The lowest BCUT2D eigenvalue weighted by atomic mass is 9.82. The van der Waals surface area contributed by atoms with Gasteiger partial charge in [0.2, 0.25) is 5.91 Å². The number of likely N-dealkylation sites (tertiary alicyclic amines) is 1. The van der Waals surface area contributed by atoms with Gasteiger partial charge in [0.15, 0.2) is 0 Å². The molecule has 3 heterocycles. The molecule has 0 spiro atoms. The Morgan fingerprint density at radius 2 is 2.03 bits per heavy atom. The van der Waals surface area contributed by atoms with Crippen LogP contribution in [0.1, 0.15) is 25.3 Å². The van der Waals surface area contributed by atoms with E-state index < -0.39 is 24.1 Å². The van der Waals surface area contributed by atoms with Crippen LogP contribution in [0.3, 0.4) is 0 Å². The van der Waals surface area contributed by atoms with Gasteiger partial charge in [-0.05, 0) is 30.9 Å². The zero-order valence-corrected chi connectivity index (χ0v) is 18.4. The molecule has 33 heavy (non-hydrogen) atoms. The van der Waals surface area contributed by atoms with Crippen molar-refractivity contribution in [2.45, 2.75) is 38.5 Å². The van der Waals surface area contributed by atoms with Crippen molar-refractivity contribution in [3.63, 3.8) is 0 Å². The van der Waals surface area contributed by atoms with E-state index in [2.05, 4.69) is 5.32 Å². The summed E-state index contributed by atoms with van der Waals surface area (Å²) >= 11 is 0. The van der Waals surface area contributed by atoms with Crippen molar-refractivity contribution in [2.75, 3.05) is 19.6 Å². The molecule has 2 saturated heterocycles. The molecular weight excluding hydrogens is 428 g/mol. The van der Waals surface area contributed by atoms with Crippen molar-refractivity contribution >= 4 is 23.8 Å². The number of aliphatic carboxylic acids is 1. The number of amides is 2. The highest BCUT2D eigenvalue weighted by Gasteiger charge is 2.57. The molecule has 0 saturated carbocycles. The maximum Gasteiger partial charge on any atom is 0.407 e. The van der Waals surface area contributed by atoms with Crippen LogP contribution in [0, 0.1) is 17.2 Å². The predicted molar refractivity (Wildman–Crippen MR) is 117 cm³/mol. The third-order valence-electron chi connectivity index (χ3n) is 6.64. The summed E-state index contributed by atoms with van der Waals surface area (Å²) in [7, 11) is 0. The van der Waals surface area contributed by atoms with E-state index in [1.54, 1.807) is 11.8 Å². The van der Waals surface area contributed by atoms with Crippen LogP contribution in [0.15, 0.2) is 41.6 Å². The second-order valence-corrected chi connectivity index (χ2v) is 8.72. The van der Waals surface area contributed by atoms with Crippen LogP contribution in [0.2, 0.25) is 0 Å². The van der Waals surface area contributed by atoms with E-state index in [4.69, 9.17) is 10.1 Å². The number of β-lactam (4-membered cyclic amide) rings is 1. The zero-order valence-electron chi connectivity index (χ0n) is 18.4. The number of rotatable bonds is 7. The van der Waals surface area contributed by atoms with Crippen molar-refractivity contribution in [2.24, 2.45) is 11.8 Å². The van der Waals surface area contributed by atoms with Crippen molar-refractivity contribution in [3.05, 3.63) is 47.2 Å². The molecule has 2 fully saturated rings. The van der Waals surface area contributed by atoms with Gasteiger partial charge in [-0.1, -0.05) is 30.3 Å². The molecule has 4 atom stereocenters. The van der Waals surface area contributed by atoms with E-state index in [0.29, 0.717) is 31.5 Å². The molecule has 1 aromatic rings. The minimum Gasteiger partial charge on any atom is -0.477 e. The Bertz CT molecular complexity index is 992. The van der Waals surface area contributed by atoms with E-state index in [1.165, 1.54) is 4.90 Å². The highest BCUT2D eigenvalue weighted by molar-refractivity contribution is 5.99. The number of alkyl carbamates (subject to hydrolysis) is 1. The molecule has 0 aliphatic carbocycles. The minimum absolute atomic E-state index is 0.00250. The highest BCUT2D eigenvalue weighted by atomic mass is 16.5. The Hall–Kier alpha value is -3.40. The first kappa shape index (κ1) is 22.8. The van der Waals surface area contributed by atoms with Gasteiger partial charge in [0, 0.05) is 19.0 Å². The van der Waals surface area contributed by atoms with Gasteiger partial charge in [-0.15, -0.1) is 0 Å². The largest absolute Gasteiger partial charge is 0.477 e. The van der Waals surface area contributed by atoms with Crippen LogP contribution < -0.4 is 5.32 Å². The van der Waals surface area contributed by atoms with Gasteiger partial charge < -0.3 is 30.1 Å². The van der Waals surface area contributed by atoms with Gasteiger partial charge in [0.1, 0.15) is 18.1 Å². The van der Waals surface area contributed by atoms with E-state index in [-0.39, 0.29) is 42.6 Å². The summed E-state index contributed by atoms with van der Waals surface area (Å²) in [6, 6.07) is 8.97. The van der Waals surface area contributed by atoms with E-state index in [1.807, 2.05) is 30.3 Å². The van der Waals surface area contributed by atoms with Crippen molar-refractivity contribution in [3.8, 4) is 0 Å². The number of aliphatic hydroxyl groups is 1. The standard InChI is InChI=1S/C23H28N4O6/c1-13(28)19-17-9-16(20(22(30)31)27(17)21(19)29)15-7-8-26(11-15)18(24)10-25-23(32)33-12-14-5-3-2-4-6-14/h2-6,13,15,17,19,24,28H,7-12H2,1H3,(H,25,32)(H,30,31)/t13-,15-,17-,19-/m1/s1. The molecule has 0 aromatic heterocycles. The smallest absolute Gasteiger partial charge is 0.407 e. The van der Waals surface area contributed by atoms with Crippen molar-refractivity contribution in [1.82, 2.24) is 15.1 Å². The summed E-state index contributed by atoms with van der Waals surface area (Å²) < 4.78 is 5.16. The molecule has 10 nitrogen and oxygen atoms in total. The second kappa shape index (κ2) is 9.22. The summed E-state index contributed by atoms with van der Waals surface area (Å²) in [6.45, 7) is 2.69. The molecule has 0 bridgehead atoms. The quantitative estimate of drug-likeness (QED) is 0.274. The van der Waals surface area contributed by atoms with Crippen LogP contribution in [0.5, 0.6) is 0 Å². The number of amidine groups is 1. The number of ether oxygens (including phenoxy) is 1. The Morgan fingerprint density at radius 3 is 2.70 bits per heavy atom. The third-order valence-corrected chi connectivity index (χ3v) is 6.64. The topological polar surface area (TPSA) is 143 Å². The van der Waals surface area contributed by atoms with Crippen LogP contribution >= 0.6 is 0 Å². The predicted octanol–water partition coefficient (Wildman–Crippen LogP) is 1.16. The number of fused-ring (bicyclic) bond motifs is 1. The molecule has 176 valence electrons. The average Bonchev–Trinajstić information content (AvgIpc) is 3.39. The fourth-order valence-corrected chi connectivity index (χ4v) is 5.00. The molecule has 0 radical (unpaired) electrons. The summed E-state index contributed by atoms with van der Waals surface area (Å²) in [6.07, 6.45) is -0.355. The highest BCUT2D eigenvalue weighted by Crippen LogP contribution is 2.47. The van der Waals surface area contributed by atoms with Crippen LogP contribution in [0.4, 0.5) is 4.79 Å². The van der Waals surface area contributed by atoms with Crippen molar-refractivity contribution in [1.29, 1.82) is 5.41 Å². The lowest BCUT2D eigenvalue weighted by Crippen LogP contribution is -2.61. The number of aliphatic hydroxyl groups excluding tert-OH is 1. The lowest BCUT2D eigenvalue weighted by molar-refractivity contribution is -0.161. The fourth-order valence-electron chi connectivity index (χ4n) is 5.00. The first-order valence-corrected chi connectivity index (χ1v) is 11.0. The number of hydrogen-bond donors (Lipinski definition) is 4. The number of benzene rings is 1. The number of hydrogen-bond acceptors (Lipinski definition) is 6. The third kappa shape index (κ3) is 4.43. The molecule has 4 rings (SSSR count). The maximum absolute atomic E-state index is 12.4. The maximum atomic E-state index is 12.4. The zero-order chi connectivity index (χ0) is 23.7. The van der Waals surface area contributed by atoms with Gasteiger partial charge in [-0.25, -0.2) is 9.59 Å². The van der Waals surface area contributed by atoms with Crippen LogP contribution in [-0.2, 0) is 20.9 Å². The number of nitrogens with zero attached hydrogens (tertiary/aromatic N) is 2. The monoisotopic (exact) mass is 456 g/mol. The Labute approximate surface area is 191 Å². The minimum atomic E-state index is -1.14. The summed E-state index contributed by atoms with van der Waals surface area (Å²) in [5.74, 6) is -1.94. The number of carboxylic acid groups (broad SMARTS) is 1. The Balaban J connectivity index is 1.31. The molecule has 2 amide bonds. The molecule has 10 heteroatoms. The SMILES string of the molecule is C[C@@H](O)[C@H]1C(=O)N2C(C(=O)O)=C([C@@H]3CCN(C(=N)CNC(=O)OCc4ccccc4)C3)C[C@H]12.